The maximum Gasteiger partial charge on any atom is 0.0417 e. The van der Waals surface area contributed by atoms with Gasteiger partial charge in [-0.15, -0.1) is 11.3 Å². The number of hydrogen-bond donors (Lipinski definition) is 2. The van der Waals surface area contributed by atoms with E-state index in [9.17, 15) is 0 Å². The Balaban J connectivity index is 1.56. The summed E-state index contributed by atoms with van der Waals surface area (Å²) in [7, 11) is 0. The zero-order valence-corrected chi connectivity index (χ0v) is 15.5. The number of piperidine rings is 1. The highest BCUT2D eigenvalue weighted by atomic mass is 79.9. The highest BCUT2D eigenvalue weighted by Gasteiger charge is 2.12. The molecule has 0 saturated carbocycles. The summed E-state index contributed by atoms with van der Waals surface area (Å²) >= 11 is 11.5. The summed E-state index contributed by atoms with van der Waals surface area (Å²) in [6, 6.07) is 10.4. The minimum absolute atomic E-state index is 0.760. The monoisotopic (exact) mass is 398 g/mol. The lowest BCUT2D eigenvalue weighted by molar-refractivity contribution is 0.357. The van der Waals surface area contributed by atoms with Gasteiger partial charge in [-0.3, -0.25) is 0 Å². The van der Waals surface area contributed by atoms with Crippen LogP contribution < -0.4 is 10.6 Å². The molecule has 2 nitrogen and oxygen atoms in total. The minimum Gasteiger partial charge on any atom is -0.317 e. The van der Waals surface area contributed by atoms with E-state index in [-0.39, 0.29) is 0 Å². The summed E-state index contributed by atoms with van der Waals surface area (Å²) in [6.07, 6.45) is 2.58. The normalized spacial score (nSPS) is 16.1. The van der Waals surface area contributed by atoms with Crippen LogP contribution in [0.15, 0.2) is 34.8 Å². The van der Waals surface area contributed by atoms with Crippen molar-refractivity contribution < 1.29 is 0 Å². The molecule has 118 valence electrons. The number of benzene rings is 1. The molecule has 0 atom stereocenters. The molecular formula is C17H20BrClN2S. The van der Waals surface area contributed by atoms with Crippen molar-refractivity contribution in [1.82, 2.24) is 10.6 Å². The molecule has 2 aromatic rings. The molecule has 2 N–H and O–H groups in total. The second kappa shape index (κ2) is 7.93. The van der Waals surface area contributed by atoms with Crippen LogP contribution >= 0.6 is 38.9 Å². The van der Waals surface area contributed by atoms with Crippen molar-refractivity contribution in [2.24, 2.45) is 5.92 Å². The Hall–Kier alpha value is -0.390. The molecule has 0 spiro atoms. The molecule has 2 heterocycles. The molecule has 0 aliphatic carbocycles. The van der Waals surface area contributed by atoms with E-state index in [1.807, 2.05) is 23.5 Å². The molecule has 5 heteroatoms. The lowest BCUT2D eigenvalue weighted by Crippen LogP contribution is -2.33. The fourth-order valence-corrected chi connectivity index (χ4v) is 4.84. The van der Waals surface area contributed by atoms with Gasteiger partial charge in [0.2, 0.25) is 0 Å². The summed E-state index contributed by atoms with van der Waals surface area (Å²) in [5.41, 5.74) is 1.21. The molecule has 1 aliphatic rings. The molecule has 1 fully saturated rings. The van der Waals surface area contributed by atoms with E-state index in [0.29, 0.717) is 0 Å². The number of hydrogen-bond acceptors (Lipinski definition) is 3. The van der Waals surface area contributed by atoms with Gasteiger partial charge in [0.25, 0.3) is 0 Å². The van der Waals surface area contributed by atoms with Crippen molar-refractivity contribution in [3.8, 4) is 10.4 Å². The predicted molar refractivity (Wildman–Crippen MR) is 99.8 cm³/mol. The smallest absolute Gasteiger partial charge is 0.0417 e. The van der Waals surface area contributed by atoms with Crippen LogP contribution in [0, 0.1) is 5.92 Å². The van der Waals surface area contributed by atoms with Gasteiger partial charge in [-0.1, -0.05) is 33.6 Å². The maximum absolute atomic E-state index is 6.01. The average Bonchev–Trinajstić information content (AvgIpc) is 2.97. The molecule has 0 amide bonds. The van der Waals surface area contributed by atoms with Crippen LogP contribution in [0.1, 0.15) is 17.7 Å². The highest BCUT2D eigenvalue weighted by Crippen LogP contribution is 2.35. The van der Waals surface area contributed by atoms with Gasteiger partial charge in [0.1, 0.15) is 0 Å². The van der Waals surface area contributed by atoms with E-state index in [1.165, 1.54) is 41.2 Å². The van der Waals surface area contributed by atoms with Gasteiger partial charge in [-0.2, -0.15) is 0 Å². The van der Waals surface area contributed by atoms with Crippen molar-refractivity contribution in [2.75, 3.05) is 19.6 Å². The van der Waals surface area contributed by atoms with Gasteiger partial charge in [0, 0.05) is 31.4 Å². The van der Waals surface area contributed by atoms with Crippen molar-refractivity contribution in [3.63, 3.8) is 0 Å². The van der Waals surface area contributed by atoms with E-state index in [0.717, 1.165) is 28.5 Å². The van der Waals surface area contributed by atoms with Crippen LogP contribution in [-0.2, 0) is 6.54 Å². The van der Waals surface area contributed by atoms with E-state index < -0.39 is 0 Å². The molecule has 0 bridgehead atoms. The third kappa shape index (κ3) is 4.33. The van der Waals surface area contributed by atoms with Crippen LogP contribution in [-0.4, -0.2) is 19.6 Å². The van der Waals surface area contributed by atoms with Gasteiger partial charge in [0.15, 0.2) is 0 Å². The third-order valence-corrected chi connectivity index (χ3v) is 6.06. The molecule has 22 heavy (non-hydrogen) atoms. The van der Waals surface area contributed by atoms with Gasteiger partial charge < -0.3 is 10.6 Å². The van der Waals surface area contributed by atoms with Gasteiger partial charge in [-0.05, 0) is 62.7 Å². The zero-order chi connectivity index (χ0) is 15.4. The van der Waals surface area contributed by atoms with Crippen LogP contribution in [0.4, 0.5) is 0 Å². The molecule has 0 unspecified atom stereocenters. The van der Waals surface area contributed by atoms with Crippen LogP contribution in [0.25, 0.3) is 10.4 Å². The Morgan fingerprint density at radius 3 is 2.82 bits per heavy atom. The quantitative estimate of drug-likeness (QED) is 0.745. The molecular weight excluding hydrogens is 380 g/mol. The highest BCUT2D eigenvalue weighted by molar-refractivity contribution is 9.10. The lowest BCUT2D eigenvalue weighted by Gasteiger charge is -2.22. The lowest BCUT2D eigenvalue weighted by atomic mass is 9.98. The molecule has 1 aromatic heterocycles. The topological polar surface area (TPSA) is 24.1 Å². The maximum atomic E-state index is 6.01. The van der Waals surface area contributed by atoms with Crippen molar-refractivity contribution in [1.29, 1.82) is 0 Å². The average molecular weight is 400 g/mol. The summed E-state index contributed by atoms with van der Waals surface area (Å²) in [6.45, 7) is 4.42. The first kappa shape index (κ1) is 16.5. The second-order valence-electron chi connectivity index (χ2n) is 5.71. The molecule has 1 aliphatic heterocycles. The van der Waals surface area contributed by atoms with Crippen LogP contribution in [0.5, 0.6) is 0 Å². The Labute approximate surface area is 149 Å². The molecule has 0 radical (unpaired) electrons. The fourth-order valence-electron chi connectivity index (χ4n) is 2.79. The van der Waals surface area contributed by atoms with E-state index in [2.05, 4.69) is 44.8 Å². The van der Waals surface area contributed by atoms with Gasteiger partial charge >= 0.3 is 0 Å². The predicted octanol–water partition coefficient (Wildman–Crippen LogP) is 4.92. The third-order valence-electron chi connectivity index (χ3n) is 4.05. The van der Waals surface area contributed by atoms with Crippen LogP contribution in [0.3, 0.4) is 0 Å². The number of nitrogens with one attached hydrogen (secondary N) is 2. The summed E-state index contributed by atoms with van der Waals surface area (Å²) in [5, 5.41) is 7.78. The Morgan fingerprint density at radius 1 is 1.23 bits per heavy atom. The first-order valence-electron chi connectivity index (χ1n) is 7.68. The molecule has 1 aromatic carbocycles. The zero-order valence-electron chi connectivity index (χ0n) is 12.4. The minimum atomic E-state index is 0.760. The SMILES string of the molecule is Clc1ccc(-c2ccc(CNCC3CCNCC3)s2)c(Br)c1. The first-order valence-corrected chi connectivity index (χ1v) is 9.66. The molecule has 1 saturated heterocycles. The first-order chi connectivity index (χ1) is 10.7. The van der Waals surface area contributed by atoms with E-state index in [1.54, 1.807) is 0 Å². The van der Waals surface area contributed by atoms with Gasteiger partial charge in [0.05, 0.1) is 0 Å². The van der Waals surface area contributed by atoms with Crippen molar-refractivity contribution in [2.45, 2.75) is 19.4 Å². The Morgan fingerprint density at radius 2 is 2.05 bits per heavy atom. The summed E-state index contributed by atoms with van der Waals surface area (Å²) in [4.78, 5) is 2.66. The second-order valence-corrected chi connectivity index (χ2v) is 8.17. The van der Waals surface area contributed by atoms with Crippen molar-refractivity contribution >= 4 is 38.9 Å². The van der Waals surface area contributed by atoms with E-state index in [4.69, 9.17) is 11.6 Å². The van der Waals surface area contributed by atoms with Gasteiger partial charge in [-0.25, -0.2) is 0 Å². The summed E-state index contributed by atoms with van der Waals surface area (Å²) < 4.78 is 1.05. The van der Waals surface area contributed by atoms with Crippen LogP contribution in [0.2, 0.25) is 5.02 Å². The standard InChI is InChI=1S/C17H20BrClN2S/c18-16-9-13(19)1-3-15(16)17-4-2-14(22-17)11-21-10-12-5-7-20-8-6-12/h1-4,9,12,20-21H,5-8,10-11H2. The number of thiophene rings is 1. The number of halogens is 2. The van der Waals surface area contributed by atoms with E-state index >= 15 is 0 Å². The van der Waals surface area contributed by atoms with Crippen molar-refractivity contribution in [3.05, 3.63) is 44.7 Å². The Kier molecular flexibility index (Phi) is 5.94. The Bertz CT molecular complexity index is 623. The molecule has 3 rings (SSSR count). The fraction of sp³-hybridized carbons (Fsp3) is 0.412. The number of rotatable bonds is 5. The largest absolute Gasteiger partial charge is 0.317 e. The summed E-state index contributed by atoms with van der Waals surface area (Å²) in [5.74, 6) is 0.825.